The molecule has 2 aromatic rings. The van der Waals surface area contributed by atoms with Gasteiger partial charge in [0.1, 0.15) is 0 Å². The fourth-order valence-electron chi connectivity index (χ4n) is 1.39. The van der Waals surface area contributed by atoms with E-state index in [4.69, 9.17) is 0 Å². The van der Waals surface area contributed by atoms with Gasteiger partial charge in [0.05, 0.1) is 16.9 Å². The third-order valence-electron chi connectivity index (χ3n) is 2.13. The Morgan fingerprint density at radius 3 is 2.81 bits per heavy atom. The minimum atomic E-state index is -0.537. The van der Waals surface area contributed by atoms with E-state index in [1.807, 2.05) is 0 Å². The first-order valence-corrected chi connectivity index (χ1v) is 4.44. The van der Waals surface area contributed by atoms with Crippen molar-refractivity contribution in [2.24, 2.45) is 0 Å². The molecular formula is C10H7N3O3. The number of rotatable bonds is 3. The van der Waals surface area contributed by atoms with Gasteiger partial charge in [0, 0.05) is 30.1 Å². The average Bonchev–Trinajstić information content (AvgIpc) is 2.81. The Labute approximate surface area is 90.3 Å². The number of imidazole rings is 1. The summed E-state index contributed by atoms with van der Waals surface area (Å²) < 4.78 is 1.62. The third kappa shape index (κ3) is 1.68. The maximum Gasteiger partial charge on any atom is 0.270 e. The first-order valence-electron chi connectivity index (χ1n) is 4.44. The highest BCUT2D eigenvalue weighted by atomic mass is 16.6. The van der Waals surface area contributed by atoms with E-state index < -0.39 is 4.92 Å². The van der Waals surface area contributed by atoms with Gasteiger partial charge in [-0.1, -0.05) is 0 Å². The summed E-state index contributed by atoms with van der Waals surface area (Å²) in [4.78, 5) is 24.7. The third-order valence-corrected chi connectivity index (χ3v) is 2.13. The summed E-state index contributed by atoms with van der Waals surface area (Å²) in [7, 11) is 0. The van der Waals surface area contributed by atoms with Crippen LogP contribution < -0.4 is 0 Å². The molecule has 0 aliphatic heterocycles. The highest BCUT2D eigenvalue weighted by Crippen LogP contribution is 2.19. The van der Waals surface area contributed by atoms with Crippen molar-refractivity contribution >= 4 is 12.0 Å². The van der Waals surface area contributed by atoms with Crippen molar-refractivity contribution in [3.05, 3.63) is 52.6 Å². The molecule has 2 rings (SSSR count). The molecule has 0 radical (unpaired) electrons. The molecule has 6 nitrogen and oxygen atoms in total. The van der Waals surface area contributed by atoms with Gasteiger partial charge in [0.25, 0.3) is 5.69 Å². The predicted molar refractivity (Wildman–Crippen MR) is 55.6 cm³/mol. The number of hydrogen-bond acceptors (Lipinski definition) is 4. The molecule has 0 N–H and O–H groups in total. The van der Waals surface area contributed by atoms with Crippen molar-refractivity contribution in [2.45, 2.75) is 0 Å². The number of aldehydes is 1. The van der Waals surface area contributed by atoms with Crippen LogP contribution in [0.15, 0.2) is 36.9 Å². The summed E-state index contributed by atoms with van der Waals surface area (Å²) in [5.41, 5.74) is 0.719. The van der Waals surface area contributed by atoms with Crippen LogP contribution in [0.3, 0.4) is 0 Å². The molecule has 0 amide bonds. The van der Waals surface area contributed by atoms with Gasteiger partial charge in [-0.05, 0) is 6.07 Å². The first kappa shape index (κ1) is 10.0. The number of non-ortho nitro benzene ring substituents is 1. The van der Waals surface area contributed by atoms with Gasteiger partial charge in [0.2, 0.25) is 0 Å². The highest BCUT2D eigenvalue weighted by molar-refractivity contribution is 5.82. The molecule has 0 saturated carbocycles. The molecule has 0 spiro atoms. The van der Waals surface area contributed by atoms with Crippen molar-refractivity contribution in [2.75, 3.05) is 0 Å². The van der Waals surface area contributed by atoms with Crippen molar-refractivity contribution in [1.82, 2.24) is 9.55 Å². The van der Waals surface area contributed by atoms with E-state index in [0.717, 1.165) is 0 Å². The van der Waals surface area contributed by atoms with E-state index in [0.29, 0.717) is 12.0 Å². The molecule has 0 atom stereocenters. The maximum atomic E-state index is 10.8. The molecule has 80 valence electrons. The summed E-state index contributed by atoms with van der Waals surface area (Å²) in [5.74, 6) is 0. The number of hydrogen-bond donors (Lipinski definition) is 0. The number of carbonyl (C=O) groups is 1. The van der Waals surface area contributed by atoms with Gasteiger partial charge in [-0.15, -0.1) is 0 Å². The zero-order valence-electron chi connectivity index (χ0n) is 8.11. The molecule has 0 unspecified atom stereocenters. The SMILES string of the molecule is O=Cc1cc([N+](=O)[O-])ccc1-n1ccnc1. The second-order valence-electron chi connectivity index (χ2n) is 3.09. The summed E-state index contributed by atoms with van der Waals surface area (Å²) >= 11 is 0. The van der Waals surface area contributed by atoms with Crippen LogP contribution in [0.4, 0.5) is 5.69 Å². The highest BCUT2D eigenvalue weighted by Gasteiger charge is 2.10. The quantitative estimate of drug-likeness (QED) is 0.444. The van der Waals surface area contributed by atoms with E-state index in [2.05, 4.69) is 4.98 Å². The van der Waals surface area contributed by atoms with Crippen LogP contribution in [0.2, 0.25) is 0 Å². The number of aromatic nitrogens is 2. The Morgan fingerprint density at radius 1 is 1.44 bits per heavy atom. The number of nitro benzene ring substituents is 1. The van der Waals surface area contributed by atoms with Crippen molar-refractivity contribution in [1.29, 1.82) is 0 Å². The van der Waals surface area contributed by atoms with Crippen molar-refractivity contribution < 1.29 is 9.72 Å². The van der Waals surface area contributed by atoms with Gasteiger partial charge in [-0.25, -0.2) is 4.98 Å². The predicted octanol–water partition coefficient (Wildman–Crippen LogP) is 1.59. The minimum absolute atomic E-state index is 0.106. The summed E-state index contributed by atoms with van der Waals surface area (Å²) in [6.07, 6.45) is 5.33. The number of nitro groups is 1. The average molecular weight is 217 g/mol. The number of carbonyl (C=O) groups excluding carboxylic acids is 1. The summed E-state index contributed by atoms with van der Waals surface area (Å²) in [6, 6.07) is 4.11. The standard InChI is InChI=1S/C10H7N3O3/c14-6-8-5-9(13(15)16)1-2-10(8)12-4-3-11-7-12/h1-7H. The van der Waals surface area contributed by atoms with Gasteiger partial charge >= 0.3 is 0 Å². The molecule has 1 aromatic carbocycles. The Morgan fingerprint density at radius 2 is 2.25 bits per heavy atom. The molecule has 0 saturated heterocycles. The molecule has 6 heteroatoms. The van der Waals surface area contributed by atoms with Gasteiger partial charge in [-0.3, -0.25) is 14.9 Å². The summed E-state index contributed by atoms with van der Waals surface area (Å²) in [6.45, 7) is 0. The Hall–Kier alpha value is -2.50. The fraction of sp³-hybridized carbons (Fsp3) is 0. The van der Waals surface area contributed by atoms with Crippen molar-refractivity contribution in [3.63, 3.8) is 0 Å². The first-order chi connectivity index (χ1) is 7.72. The molecule has 0 fully saturated rings. The van der Waals surface area contributed by atoms with Crippen LogP contribution in [0.25, 0.3) is 5.69 Å². The molecule has 0 aliphatic carbocycles. The molecule has 16 heavy (non-hydrogen) atoms. The molecule has 0 aliphatic rings. The molecule has 1 heterocycles. The lowest BCUT2D eigenvalue weighted by molar-refractivity contribution is -0.384. The number of nitrogens with zero attached hydrogens (tertiary/aromatic N) is 3. The monoisotopic (exact) mass is 217 g/mol. The normalized spacial score (nSPS) is 10.0. The Kier molecular flexibility index (Phi) is 2.47. The molecule has 1 aromatic heterocycles. The lowest BCUT2D eigenvalue weighted by atomic mass is 10.1. The topological polar surface area (TPSA) is 78.0 Å². The van der Waals surface area contributed by atoms with E-state index >= 15 is 0 Å². The smallest absolute Gasteiger partial charge is 0.270 e. The Bertz CT molecular complexity index is 534. The molecular weight excluding hydrogens is 210 g/mol. The zero-order chi connectivity index (χ0) is 11.5. The lowest BCUT2D eigenvalue weighted by Gasteiger charge is -2.04. The second kappa shape index (κ2) is 3.93. The van der Waals surface area contributed by atoms with E-state index in [9.17, 15) is 14.9 Å². The number of benzene rings is 1. The van der Waals surface area contributed by atoms with Crippen LogP contribution in [-0.4, -0.2) is 20.8 Å². The maximum absolute atomic E-state index is 10.8. The van der Waals surface area contributed by atoms with Crippen molar-refractivity contribution in [3.8, 4) is 5.69 Å². The molecule has 0 bridgehead atoms. The van der Waals surface area contributed by atoms with Crippen LogP contribution in [0.5, 0.6) is 0 Å². The summed E-state index contributed by atoms with van der Waals surface area (Å²) in [5, 5.41) is 10.5. The Balaban J connectivity index is 2.56. The van der Waals surface area contributed by atoms with Crippen LogP contribution in [0, 0.1) is 10.1 Å². The van der Waals surface area contributed by atoms with Gasteiger partial charge in [0.15, 0.2) is 6.29 Å². The van der Waals surface area contributed by atoms with Crippen LogP contribution in [0.1, 0.15) is 10.4 Å². The lowest BCUT2D eigenvalue weighted by Crippen LogP contribution is -1.98. The largest absolute Gasteiger partial charge is 0.306 e. The van der Waals surface area contributed by atoms with Crippen LogP contribution >= 0.6 is 0 Å². The van der Waals surface area contributed by atoms with Gasteiger partial charge < -0.3 is 4.57 Å². The van der Waals surface area contributed by atoms with E-state index in [1.165, 1.54) is 24.5 Å². The van der Waals surface area contributed by atoms with Gasteiger partial charge in [-0.2, -0.15) is 0 Å². The minimum Gasteiger partial charge on any atom is -0.306 e. The van der Waals surface area contributed by atoms with E-state index in [1.54, 1.807) is 17.0 Å². The van der Waals surface area contributed by atoms with E-state index in [-0.39, 0.29) is 11.3 Å². The second-order valence-corrected chi connectivity index (χ2v) is 3.09. The fourth-order valence-corrected chi connectivity index (χ4v) is 1.39. The zero-order valence-corrected chi connectivity index (χ0v) is 8.11. The van der Waals surface area contributed by atoms with Crippen LogP contribution in [-0.2, 0) is 0 Å².